The van der Waals surface area contributed by atoms with Crippen LogP contribution in [-0.4, -0.2) is 29.8 Å². The van der Waals surface area contributed by atoms with Gasteiger partial charge in [0.05, 0.1) is 12.7 Å². The van der Waals surface area contributed by atoms with Crippen LogP contribution >= 0.6 is 0 Å². The van der Waals surface area contributed by atoms with Crippen LogP contribution in [0, 0.1) is 0 Å². The van der Waals surface area contributed by atoms with Crippen molar-refractivity contribution in [2.24, 2.45) is 0 Å². The number of methoxy groups -OCH3 is 1. The fraction of sp³-hybridized carbons (Fsp3) is 0.211. The largest absolute Gasteiger partial charge is 0.496 e. The molecule has 26 heavy (non-hydrogen) atoms. The van der Waals surface area contributed by atoms with Crippen molar-refractivity contribution in [3.8, 4) is 22.9 Å². The summed E-state index contributed by atoms with van der Waals surface area (Å²) in [5.41, 5.74) is 0.718. The molecule has 134 valence electrons. The molecule has 0 aliphatic heterocycles. The number of nitrogens with one attached hydrogen (secondary N) is 1. The highest BCUT2D eigenvalue weighted by atomic mass is 16.5. The smallest absolute Gasteiger partial charge is 0.258 e. The lowest BCUT2D eigenvalue weighted by Gasteiger charge is -2.10. The van der Waals surface area contributed by atoms with E-state index >= 15 is 0 Å². The van der Waals surface area contributed by atoms with Gasteiger partial charge in [-0.2, -0.15) is 4.98 Å². The molecule has 0 unspecified atom stereocenters. The van der Waals surface area contributed by atoms with Gasteiger partial charge in [-0.05, 0) is 31.2 Å². The predicted molar refractivity (Wildman–Crippen MR) is 94.8 cm³/mol. The maximum Gasteiger partial charge on any atom is 0.258 e. The van der Waals surface area contributed by atoms with E-state index in [1.165, 1.54) is 0 Å². The number of carbonyl (C=O) groups is 1. The molecule has 0 aliphatic carbocycles. The highest BCUT2D eigenvalue weighted by molar-refractivity contribution is 5.77. The molecule has 1 amide bonds. The number of nitrogens with zero attached hydrogens (tertiary/aromatic N) is 2. The van der Waals surface area contributed by atoms with Gasteiger partial charge in [0.15, 0.2) is 6.61 Å². The van der Waals surface area contributed by atoms with Gasteiger partial charge >= 0.3 is 0 Å². The van der Waals surface area contributed by atoms with Crippen molar-refractivity contribution in [3.05, 3.63) is 60.5 Å². The zero-order valence-corrected chi connectivity index (χ0v) is 14.5. The van der Waals surface area contributed by atoms with Crippen molar-refractivity contribution in [1.29, 1.82) is 0 Å². The van der Waals surface area contributed by atoms with Crippen molar-refractivity contribution in [2.45, 2.75) is 13.0 Å². The summed E-state index contributed by atoms with van der Waals surface area (Å²) in [6, 6.07) is 16.1. The highest BCUT2D eigenvalue weighted by Crippen LogP contribution is 2.27. The second kappa shape index (κ2) is 8.15. The van der Waals surface area contributed by atoms with Crippen LogP contribution in [0.3, 0.4) is 0 Å². The Labute approximate surface area is 150 Å². The van der Waals surface area contributed by atoms with Crippen LogP contribution in [0.2, 0.25) is 0 Å². The molecule has 1 N–H and O–H groups in total. The highest BCUT2D eigenvalue weighted by Gasteiger charge is 2.19. The molecule has 2 aromatic carbocycles. The van der Waals surface area contributed by atoms with Gasteiger partial charge in [0.2, 0.25) is 11.7 Å². The molecule has 3 rings (SSSR count). The Hall–Kier alpha value is -3.35. The molecular weight excluding hydrogens is 334 g/mol. The van der Waals surface area contributed by atoms with Crippen LogP contribution < -0.4 is 14.8 Å². The average molecular weight is 353 g/mol. The fourth-order valence-corrected chi connectivity index (χ4v) is 2.36. The van der Waals surface area contributed by atoms with Gasteiger partial charge in [-0.15, -0.1) is 0 Å². The first-order valence-electron chi connectivity index (χ1n) is 8.11. The van der Waals surface area contributed by atoms with Crippen molar-refractivity contribution < 1.29 is 18.8 Å². The fourth-order valence-electron chi connectivity index (χ4n) is 2.36. The first-order chi connectivity index (χ1) is 12.7. The van der Waals surface area contributed by atoms with Crippen LogP contribution in [0.25, 0.3) is 11.4 Å². The Bertz CT molecular complexity index is 864. The van der Waals surface area contributed by atoms with E-state index < -0.39 is 6.04 Å². The Morgan fingerprint density at radius 1 is 1.15 bits per heavy atom. The van der Waals surface area contributed by atoms with Crippen molar-refractivity contribution >= 4 is 5.91 Å². The van der Waals surface area contributed by atoms with E-state index in [-0.39, 0.29) is 12.5 Å². The van der Waals surface area contributed by atoms with Gasteiger partial charge < -0.3 is 19.3 Å². The molecule has 1 heterocycles. The molecule has 0 saturated carbocycles. The molecule has 3 aromatic rings. The lowest BCUT2D eigenvalue weighted by atomic mass is 10.2. The van der Waals surface area contributed by atoms with Gasteiger partial charge in [0, 0.05) is 0 Å². The van der Waals surface area contributed by atoms with Crippen molar-refractivity contribution in [1.82, 2.24) is 15.5 Å². The van der Waals surface area contributed by atoms with E-state index in [9.17, 15) is 4.79 Å². The van der Waals surface area contributed by atoms with E-state index in [4.69, 9.17) is 14.0 Å². The molecule has 0 spiro atoms. The molecule has 7 heteroatoms. The SMILES string of the molecule is COc1ccccc1-c1noc([C@H](C)NC(=O)COc2ccccc2)n1. The molecular formula is C19H19N3O4. The van der Waals surface area contributed by atoms with E-state index in [2.05, 4.69) is 15.5 Å². The molecule has 1 aromatic heterocycles. The van der Waals surface area contributed by atoms with E-state index in [0.717, 1.165) is 5.56 Å². The first kappa shape index (κ1) is 17.5. The van der Waals surface area contributed by atoms with Gasteiger partial charge in [-0.25, -0.2) is 0 Å². The Kier molecular flexibility index (Phi) is 5.48. The van der Waals surface area contributed by atoms with E-state index in [1.807, 2.05) is 42.5 Å². The Morgan fingerprint density at radius 2 is 1.88 bits per heavy atom. The minimum absolute atomic E-state index is 0.0954. The van der Waals surface area contributed by atoms with Gasteiger partial charge in [0.25, 0.3) is 5.91 Å². The van der Waals surface area contributed by atoms with Gasteiger partial charge in [-0.1, -0.05) is 35.5 Å². The van der Waals surface area contributed by atoms with Crippen LogP contribution in [0.15, 0.2) is 59.1 Å². The zero-order valence-electron chi connectivity index (χ0n) is 14.5. The number of aromatic nitrogens is 2. The molecule has 7 nitrogen and oxygen atoms in total. The summed E-state index contributed by atoms with van der Waals surface area (Å²) in [4.78, 5) is 16.4. The number of amides is 1. The molecule has 0 fully saturated rings. The Balaban J connectivity index is 1.61. The zero-order chi connectivity index (χ0) is 18.4. The number of hydrogen-bond acceptors (Lipinski definition) is 6. The second-order valence-corrected chi connectivity index (χ2v) is 5.55. The normalized spacial score (nSPS) is 11.6. The maximum atomic E-state index is 12.0. The third-order valence-corrected chi connectivity index (χ3v) is 3.65. The number of hydrogen-bond donors (Lipinski definition) is 1. The Morgan fingerprint density at radius 3 is 2.65 bits per heavy atom. The molecule has 0 saturated heterocycles. The number of benzene rings is 2. The quantitative estimate of drug-likeness (QED) is 0.703. The lowest BCUT2D eigenvalue weighted by molar-refractivity contribution is -0.123. The van der Waals surface area contributed by atoms with E-state index in [0.29, 0.717) is 23.2 Å². The van der Waals surface area contributed by atoms with Crippen LogP contribution in [0.4, 0.5) is 0 Å². The third-order valence-electron chi connectivity index (χ3n) is 3.65. The first-order valence-corrected chi connectivity index (χ1v) is 8.11. The number of ether oxygens (including phenoxy) is 2. The summed E-state index contributed by atoms with van der Waals surface area (Å²) in [6.45, 7) is 1.67. The standard InChI is InChI=1S/C19H19N3O4/c1-13(20-17(23)12-25-14-8-4-3-5-9-14)19-21-18(22-26-19)15-10-6-7-11-16(15)24-2/h3-11,13H,12H2,1-2H3,(H,20,23)/t13-/m0/s1. The summed E-state index contributed by atoms with van der Waals surface area (Å²) in [5, 5.41) is 6.74. The predicted octanol–water partition coefficient (Wildman–Crippen LogP) is 3.00. The lowest BCUT2D eigenvalue weighted by Crippen LogP contribution is -2.31. The summed E-state index contributed by atoms with van der Waals surface area (Å²) in [7, 11) is 1.58. The molecule has 0 bridgehead atoms. The van der Waals surface area contributed by atoms with Crippen molar-refractivity contribution in [3.63, 3.8) is 0 Å². The molecule has 0 aliphatic rings. The molecule has 0 radical (unpaired) electrons. The summed E-state index contributed by atoms with van der Waals surface area (Å²) < 4.78 is 16.0. The van der Waals surface area contributed by atoms with Crippen LogP contribution in [-0.2, 0) is 4.79 Å². The van der Waals surface area contributed by atoms with E-state index in [1.54, 1.807) is 26.2 Å². The van der Waals surface area contributed by atoms with Gasteiger partial charge in [0.1, 0.15) is 17.5 Å². The average Bonchev–Trinajstić information content (AvgIpc) is 3.17. The van der Waals surface area contributed by atoms with Crippen LogP contribution in [0.1, 0.15) is 18.9 Å². The van der Waals surface area contributed by atoms with Crippen molar-refractivity contribution in [2.75, 3.05) is 13.7 Å². The number of rotatable bonds is 7. The summed E-state index contributed by atoms with van der Waals surface area (Å²) >= 11 is 0. The maximum absolute atomic E-state index is 12.0. The van der Waals surface area contributed by atoms with Gasteiger partial charge in [-0.3, -0.25) is 4.79 Å². The summed E-state index contributed by atoms with van der Waals surface area (Å²) in [6.07, 6.45) is 0. The van der Waals surface area contributed by atoms with Crippen LogP contribution in [0.5, 0.6) is 11.5 Å². The monoisotopic (exact) mass is 353 g/mol. The number of carbonyl (C=O) groups excluding carboxylic acids is 1. The topological polar surface area (TPSA) is 86.5 Å². The third kappa shape index (κ3) is 4.18. The summed E-state index contributed by atoms with van der Waals surface area (Å²) in [5.74, 6) is 1.70. The second-order valence-electron chi connectivity index (χ2n) is 5.55. The minimum atomic E-state index is -0.446. The number of para-hydroxylation sites is 2. The molecule has 1 atom stereocenters. The minimum Gasteiger partial charge on any atom is -0.496 e.